The summed E-state index contributed by atoms with van der Waals surface area (Å²) in [6.45, 7) is 8.13. The number of nitrogens with one attached hydrogen (secondary N) is 1. The van der Waals surface area contributed by atoms with E-state index < -0.39 is 0 Å². The van der Waals surface area contributed by atoms with E-state index in [9.17, 15) is 0 Å². The van der Waals surface area contributed by atoms with Crippen LogP contribution < -0.4 is 5.32 Å². The van der Waals surface area contributed by atoms with Crippen LogP contribution in [0, 0.1) is 12.8 Å². The van der Waals surface area contributed by atoms with Crippen molar-refractivity contribution in [2.75, 3.05) is 13.7 Å². The average molecular weight is 314 g/mol. The number of hydrogen-bond acceptors (Lipinski definition) is 3. The quantitative estimate of drug-likeness (QED) is 0.761. The van der Waals surface area contributed by atoms with Gasteiger partial charge in [-0.05, 0) is 45.6 Å². The second-order valence-electron chi connectivity index (χ2n) is 5.96. The fourth-order valence-electron chi connectivity index (χ4n) is 3.02. The maximum atomic E-state index is 6.46. The summed E-state index contributed by atoms with van der Waals surface area (Å²) in [6.07, 6.45) is 4.83. The number of aromatic nitrogens is 2. The van der Waals surface area contributed by atoms with Crippen LogP contribution in [0.2, 0.25) is 5.02 Å². The first-order valence-corrected chi connectivity index (χ1v) is 8.48. The van der Waals surface area contributed by atoms with Gasteiger partial charge in [0.1, 0.15) is 0 Å². The van der Waals surface area contributed by atoms with E-state index in [2.05, 4.69) is 24.3 Å². The fraction of sp³-hybridized carbons (Fsp3) is 0.812. The molecule has 2 unspecified atom stereocenters. The van der Waals surface area contributed by atoms with Crippen molar-refractivity contribution in [1.29, 1.82) is 0 Å². The molecule has 0 amide bonds. The smallest absolute Gasteiger partial charge is 0.0847 e. The molecule has 2 atom stereocenters. The number of rotatable bonds is 9. The van der Waals surface area contributed by atoms with Gasteiger partial charge in [0, 0.05) is 26.1 Å². The summed E-state index contributed by atoms with van der Waals surface area (Å²) in [4.78, 5) is 0. The second-order valence-corrected chi connectivity index (χ2v) is 6.34. The fourth-order valence-corrected chi connectivity index (χ4v) is 3.23. The third-order valence-corrected chi connectivity index (χ3v) is 4.77. The SMILES string of the molecule is CCCNC(Cc1c(Cl)c(C)nn1CC)C(OC)C1CC1. The molecular formula is C16H28ClN3O. The van der Waals surface area contributed by atoms with Crippen molar-refractivity contribution >= 4 is 11.6 Å². The van der Waals surface area contributed by atoms with Crippen LogP contribution in [-0.4, -0.2) is 35.6 Å². The van der Waals surface area contributed by atoms with Gasteiger partial charge in [-0.25, -0.2) is 0 Å². The number of halogens is 1. The molecule has 1 aromatic rings. The van der Waals surface area contributed by atoms with Crippen LogP contribution in [-0.2, 0) is 17.7 Å². The Kier molecular flexibility index (Phi) is 6.08. The van der Waals surface area contributed by atoms with E-state index in [4.69, 9.17) is 16.3 Å². The van der Waals surface area contributed by atoms with Crippen LogP contribution >= 0.6 is 11.6 Å². The van der Waals surface area contributed by atoms with Gasteiger partial charge in [-0.2, -0.15) is 5.10 Å². The highest BCUT2D eigenvalue weighted by atomic mass is 35.5. The van der Waals surface area contributed by atoms with E-state index in [0.29, 0.717) is 12.0 Å². The second kappa shape index (κ2) is 7.61. The molecule has 2 rings (SSSR count). The summed E-state index contributed by atoms with van der Waals surface area (Å²) in [5, 5.41) is 8.99. The molecule has 1 aromatic heterocycles. The molecule has 1 aliphatic rings. The molecule has 4 nitrogen and oxygen atoms in total. The summed E-state index contributed by atoms with van der Waals surface area (Å²) < 4.78 is 7.82. The van der Waals surface area contributed by atoms with Crippen LogP contribution in [0.3, 0.4) is 0 Å². The Morgan fingerprint density at radius 3 is 2.67 bits per heavy atom. The topological polar surface area (TPSA) is 39.1 Å². The van der Waals surface area contributed by atoms with Crippen molar-refractivity contribution in [3.05, 3.63) is 16.4 Å². The molecule has 1 N–H and O–H groups in total. The molecule has 1 heterocycles. The van der Waals surface area contributed by atoms with E-state index >= 15 is 0 Å². The summed E-state index contributed by atoms with van der Waals surface area (Å²) in [5.41, 5.74) is 2.05. The van der Waals surface area contributed by atoms with Gasteiger partial charge in [0.25, 0.3) is 0 Å². The molecule has 21 heavy (non-hydrogen) atoms. The van der Waals surface area contributed by atoms with Crippen LogP contribution in [0.15, 0.2) is 0 Å². The number of methoxy groups -OCH3 is 1. The molecular weight excluding hydrogens is 286 g/mol. The Bertz CT molecular complexity index is 457. The zero-order valence-electron chi connectivity index (χ0n) is 13.7. The van der Waals surface area contributed by atoms with E-state index in [1.165, 1.54) is 12.8 Å². The third kappa shape index (κ3) is 3.99. The molecule has 1 saturated carbocycles. The predicted octanol–water partition coefficient (Wildman–Crippen LogP) is 3.20. The van der Waals surface area contributed by atoms with E-state index in [1.54, 1.807) is 0 Å². The van der Waals surface area contributed by atoms with Crippen molar-refractivity contribution in [3.63, 3.8) is 0 Å². The van der Waals surface area contributed by atoms with Gasteiger partial charge in [0.05, 0.1) is 22.5 Å². The molecule has 0 spiro atoms. The van der Waals surface area contributed by atoms with Crippen LogP contribution in [0.5, 0.6) is 0 Å². The molecule has 1 aliphatic carbocycles. The summed E-state index contributed by atoms with van der Waals surface area (Å²) in [6, 6.07) is 0.307. The molecule has 0 aromatic carbocycles. The minimum atomic E-state index is 0.271. The minimum absolute atomic E-state index is 0.271. The molecule has 5 heteroatoms. The van der Waals surface area contributed by atoms with Crippen LogP contribution in [0.4, 0.5) is 0 Å². The average Bonchev–Trinajstić information content (AvgIpc) is 3.27. The molecule has 0 bridgehead atoms. The zero-order valence-corrected chi connectivity index (χ0v) is 14.4. The Morgan fingerprint density at radius 2 is 2.14 bits per heavy atom. The minimum Gasteiger partial charge on any atom is -0.380 e. The first-order valence-electron chi connectivity index (χ1n) is 8.10. The van der Waals surface area contributed by atoms with Crippen LogP contribution in [0.25, 0.3) is 0 Å². The molecule has 0 radical (unpaired) electrons. The predicted molar refractivity (Wildman–Crippen MR) is 87.0 cm³/mol. The first kappa shape index (κ1) is 16.8. The number of ether oxygens (including phenoxy) is 1. The lowest BCUT2D eigenvalue weighted by molar-refractivity contribution is 0.0505. The van der Waals surface area contributed by atoms with Gasteiger partial charge in [0.15, 0.2) is 0 Å². The van der Waals surface area contributed by atoms with Gasteiger partial charge < -0.3 is 10.1 Å². The normalized spacial score (nSPS) is 18.0. The Hall–Kier alpha value is -0.580. The highest BCUT2D eigenvalue weighted by Gasteiger charge is 2.37. The zero-order chi connectivity index (χ0) is 15.4. The van der Waals surface area contributed by atoms with Crippen molar-refractivity contribution in [2.24, 2.45) is 5.92 Å². The van der Waals surface area contributed by atoms with Crippen molar-refractivity contribution in [2.45, 2.75) is 65.1 Å². The molecule has 0 aliphatic heterocycles. The maximum absolute atomic E-state index is 6.46. The van der Waals surface area contributed by atoms with Gasteiger partial charge in [-0.3, -0.25) is 4.68 Å². The monoisotopic (exact) mass is 313 g/mol. The highest BCUT2D eigenvalue weighted by Crippen LogP contribution is 2.36. The standard InChI is InChI=1S/C16H28ClN3O/c1-5-9-18-13(16(21-4)12-7-8-12)10-14-15(17)11(3)19-20(14)6-2/h12-13,16,18H,5-10H2,1-4H3. The van der Waals surface area contributed by atoms with E-state index in [1.807, 2.05) is 18.7 Å². The summed E-state index contributed by atoms with van der Waals surface area (Å²) in [7, 11) is 1.83. The summed E-state index contributed by atoms with van der Waals surface area (Å²) >= 11 is 6.46. The van der Waals surface area contributed by atoms with Crippen LogP contribution in [0.1, 0.15) is 44.5 Å². The van der Waals surface area contributed by atoms with Crippen molar-refractivity contribution in [3.8, 4) is 0 Å². The molecule has 120 valence electrons. The lowest BCUT2D eigenvalue weighted by Crippen LogP contribution is -2.44. The Labute approximate surface area is 133 Å². The summed E-state index contributed by atoms with van der Waals surface area (Å²) in [5.74, 6) is 0.697. The largest absolute Gasteiger partial charge is 0.380 e. The third-order valence-electron chi connectivity index (χ3n) is 4.28. The van der Waals surface area contributed by atoms with Gasteiger partial charge >= 0.3 is 0 Å². The van der Waals surface area contributed by atoms with E-state index in [0.717, 1.165) is 42.3 Å². The Balaban J connectivity index is 2.17. The number of aryl methyl sites for hydroxylation is 2. The van der Waals surface area contributed by atoms with Gasteiger partial charge in [0.2, 0.25) is 0 Å². The van der Waals surface area contributed by atoms with Gasteiger partial charge in [-0.1, -0.05) is 18.5 Å². The highest BCUT2D eigenvalue weighted by molar-refractivity contribution is 6.31. The van der Waals surface area contributed by atoms with E-state index in [-0.39, 0.29) is 6.10 Å². The van der Waals surface area contributed by atoms with Crippen molar-refractivity contribution < 1.29 is 4.74 Å². The number of nitrogens with zero attached hydrogens (tertiary/aromatic N) is 2. The lowest BCUT2D eigenvalue weighted by Gasteiger charge is -2.27. The van der Waals surface area contributed by atoms with Crippen molar-refractivity contribution in [1.82, 2.24) is 15.1 Å². The molecule has 0 saturated heterocycles. The lowest BCUT2D eigenvalue weighted by atomic mass is 10.0. The molecule has 1 fully saturated rings. The Morgan fingerprint density at radius 1 is 1.43 bits per heavy atom. The number of hydrogen-bond donors (Lipinski definition) is 1. The van der Waals surface area contributed by atoms with Gasteiger partial charge in [-0.15, -0.1) is 0 Å². The maximum Gasteiger partial charge on any atom is 0.0847 e. The first-order chi connectivity index (χ1) is 10.1.